The number of alkyl halides is 6. The molecule has 2 rings (SSSR count). The van der Waals surface area contributed by atoms with Crippen LogP contribution in [0.5, 0.6) is 0 Å². The van der Waals surface area contributed by atoms with Crippen molar-refractivity contribution in [3.05, 3.63) is 51.9 Å². The smallest absolute Gasteiger partial charge is 0.294 e. The number of allylic oxidation sites excluding steroid dienone is 1. The fraction of sp³-hybridized carbons (Fsp3) is 0.188. The van der Waals surface area contributed by atoms with Gasteiger partial charge in [-0.2, -0.15) is 26.3 Å². The highest BCUT2D eigenvalue weighted by molar-refractivity contribution is 9.12. The number of rotatable bonds is 3. The number of nitrogens with zero attached hydrogens (tertiary/aromatic N) is 2. The fourth-order valence-corrected chi connectivity index (χ4v) is 2.16. The van der Waals surface area contributed by atoms with E-state index in [4.69, 9.17) is 0 Å². The summed E-state index contributed by atoms with van der Waals surface area (Å²) in [5.41, 5.74) is -3.39. The van der Waals surface area contributed by atoms with Crippen molar-refractivity contribution in [3.8, 4) is 11.3 Å². The summed E-state index contributed by atoms with van der Waals surface area (Å²) in [6.45, 7) is 1.26. The summed E-state index contributed by atoms with van der Waals surface area (Å²) in [6, 6.07) is 1.16. The predicted molar refractivity (Wildman–Crippen MR) is 85.1 cm³/mol. The molecule has 0 unspecified atom stereocenters. The van der Waals surface area contributed by atoms with Crippen molar-refractivity contribution in [3.63, 3.8) is 0 Å². The molecule has 138 valence electrons. The third-order valence-electron chi connectivity index (χ3n) is 3.15. The Morgan fingerprint density at radius 3 is 2.00 bits per heavy atom. The average Bonchev–Trinajstić information content (AvgIpc) is 2.53. The summed E-state index contributed by atoms with van der Waals surface area (Å²) in [4.78, 5) is 18.9. The van der Waals surface area contributed by atoms with Crippen LogP contribution in [0.2, 0.25) is 0 Å². The molecule has 0 aliphatic heterocycles. The Kier molecular flexibility index (Phi) is 5.55. The summed E-state index contributed by atoms with van der Waals surface area (Å²) in [5, 5.41) is 0. The lowest BCUT2D eigenvalue weighted by Gasteiger charge is -2.14. The summed E-state index contributed by atoms with van der Waals surface area (Å²) in [7, 11) is 0. The lowest BCUT2D eigenvalue weighted by Crippen LogP contribution is -2.11. The third-order valence-corrected chi connectivity index (χ3v) is 3.93. The monoisotopic (exact) mass is 438 g/mol. The lowest BCUT2D eigenvalue weighted by atomic mass is 10.0. The van der Waals surface area contributed by atoms with E-state index in [9.17, 15) is 31.1 Å². The maximum Gasteiger partial charge on any atom is 0.416 e. The summed E-state index contributed by atoms with van der Waals surface area (Å²) < 4.78 is 77.7. The van der Waals surface area contributed by atoms with Crippen molar-refractivity contribution in [1.29, 1.82) is 0 Å². The van der Waals surface area contributed by atoms with Crippen molar-refractivity contribution in [2.75, 3.05) is 0 Å². The molecule has 0 atom stereocenters. The van der Waals surface area contributed by atoms with Crippen LogP contribution < -0.4 is 0 Å². The van der Waals surface area contributed by atoms with Crippen LogP contribution >= 0.6 is 15.9 Å². The summed E-state index contributed by atoms with van der Waals surface area (Å²) in [6.07, 6.45) is -6.41. The minimum atomic E-state index is -4.96. The van der Waals surface area contributed by atoms with Crippen LogP contribution in [0, 0.1) is 0 Å². The Hall–Kier alpha value is -2.23. The van der Waals surface area contributed by atoms with E-state index in [0.717, 1.165) is 6.20 Å². The molecule has 0 amide bonds. The van der Waals surface area contributed by atoms with Gasteiger partial charge in [0.15, 0.2) is 5.78 Å². The molecule has 1 heterocycles. The van der Waals surface area contributed by atoms with Crippen LogP contribution in [0.1, 0.15) is 23.7 Å². The molecule has 0 fully saturated rings. The first-order valence-electron chi connectivity index (χ1n) is 6.88. The zero-order valence-corrected chi connectivity index (χ0v) is 14.5. The van der Waals surface area contributed by atoms with Gasteiger partial charge in [-0.05, 0) is 47.1 Å². The molecule has 0 spiro atoms. The Morgan fingerprint density at radius 1 is 1.00 bits per heavy atom. The molecule has 2 aromatic rings. The summed E-state index contributed by atoms with van der Waals surface area (Å²) >= 11 is 2.98. The van der Waals surface area contributed by atoms with E-state index in [0.29, 0.717) is 12.1 Å². The average molecular weight is 439 g/mol. The van der Waals surface area contributed by atoms with Gasteiger partial charge < -0.3 is 0 Å². The number of benzene rings is 1. The first-order valence-corrected chi connectivity index (χ1v) is 7.67. The van der Waals surface area contributed by atoms with Crippen LogP contribution in [0.4, 0.5) is 26.3 Å². The Morgan fingerprint density at radius 2 is 1.54 bits per heavy atom. The van der Waals surface area contributed by atoms with E-state index >= 15 is 0 Å². The molecule has 0 saturated heterocycles. The molecular weight excluding hydrogens is 430 g/mol. The highest BCUT2D eigenvalue weighted by atomic mass is 79.9. The highest BCUT2D eigenvalue weighted by Crippen LogP contribution is 2.38. The standard InChI is InChI=1S/C16H9BrF6N2O/c1-8(26)13(17)5-12-6-24-7-14(25-12)9-2-10(15(18,19)20)4-11(3-9)16(21,22)23/h2-7H,1H3/b13-5-. The molecule has 1 aromatic heterocycles. The topological polar surface area (TPSA) is 42.9 Å². The number of hydrogen-bond acceptors (Lipinski definition) is 3. The van der Waals surface area contributed by atoms with Gasteiger partial charge in [-0.15, -0.1) is 0 Å². The molecule has 0 radical (unpaired) electrons. The number of halogens is 7. The van der Waals surface area contributed by atoms with Crippen LogP contribution in [0.15, 0.2) is 35.1 Å². The van der Waals surface area contributed by atoms with Crippen LogP contribution in [0.25, 0.3) is 17.3 Å². The minimum absolute atomic E-state index is 0.0347. The van der Waals surface area contributed by atoms with Crippen LogP contribution in [-0.4, -0.2) is 15.8 Å². The van der Waals surface area contributed by atoms with Crippen molar-refractivity contribution in [2.24, 2.45) is 0 Å². The van der Waals surface area contributed by atoms with E-state index in [-0.39, 0.29) is 27.7 Å². The van der Waals surface area contributed by atoms with Crippen molar-refractivity contribution < 1.29 is 31.1 Å². The van der Waals surface area contributed by atoms with E-state index in [1.54, 1.807) is 0 Å². The quantitative estimate of drug-likeness (QED) is 0.468. The lowest BCUT2D eigenvalue weighted by molar-refractivity contribution is -0.143. The van der Waals surface area contributed by atoms with Crippen LogP contribution in [-0.2, 0) is 17.1 Å². The number of Topliss-reactive ketones (excluding diaryl/α,β-unsaturated/α-hetero) is 1. The number of aromatic nitrogens is 2. The Labute approximate surface area is 151 Å². The van der Waals surface area contributed by atoms with Gasteiger partial charge in [0.2, 0.25) is 0 Å². The SMILES string of the molecule is CC(=O)/C(Br)=C/c1cncc(-c2cc(C(F)(F)F)cc(C(F)(F)F)c2)n1. The molecule has 0 bridgehead atoms. The maximum absolute atomic E-state index is 12.9. The molecule has 0 N–H and O–H groups in total. The number of ketones is 1. The number of carbonyl (C=O) groups is 1. The van der Waals surface area contributed by atoms with Crippen molar-refractivity contribution in [1.82, 2.24) is 9.97 Å². The molecule has 0 saturated carbocycles. The van der Waals surface area contributed by atoms with Gasteiger partial charge in [-0.25, -0.2) is 4.98 Å². The van der Waals surface area contributed by atoms with Gasteiger partial charge in [-0.3, -0.25) is 9.78 Å². The van der Waals surface area contributed by atoms with E-state index in [2.05, 4.69) is 25.9 Å². The van der Waals surface area contributed by atoms with Crippen molar-refractivity contribution >= 4 is 27.8 Å². The van der Waals surface area contributed by atoms with Gasteiger partial charge in [0.05, 0.1) is 39.4 Å². The molecule has 0 aliphatic carbocycles. The second kappa shape index (κ2) is 7.18. The first kappa shape index (κ1) is 20.1. The Bertz CT molecular complexity index is 842. The zero-order chi connectivity index (χ0) is 19.7. The second-order valence-electron chi connectivity index (χ2n) is 5.17. The minimum Gasteiger partial charge on any atom is -0.294 e. The zero-order valence-electron chi connectivity index (χ0n) is 12.9. The number of carbonyl (C=O) groups excluding carboxylic acids is 1. The fourth-order valence-electron chi connectivity index (χ4n) is 1.92. The molecule has 1 aromatic carbocycles. The van der Waals surface area contributed by atoms with Crippen molar-refractivity contribution in [2.45, 2.75) is 19.3 Å². The van der Waals surface area contributed by atoms with E-state index in [1.165, 1.54) is 19.2 Å². The van der Waals surface area contributed by atoms with Gasteiger partial charge in [0, 0.05) is 5.56 Å². The molecule has 0 aliphatic rings. The first-order chi connectivity index (χ1) is 11.9. The third kappa shape index (κ3) is 4.90. The van der Waals surface area contributed by atoms with E-state index in [1.807, 2.05) is 0 Å². The van der Waals surface area contributed by atoms with Gasteiger partial charge >= 0.3 is 12.4 Å². The molecular formula is C16H9BrF6N2O. The molecule has 10 heteroatoms. The van der Waals surface area contributed by atoms with Gasteiger partial charge in [-0.1, -0.05) is 0 Å². The predicted octanol–water partition coefficient (Wildman–Crippen LogP) is 5.51. The number of hydrogen-bond donors (Lipinski definition) is 0. The maximum atomic E-state index is 12.9. The van der Waals surface area contributed by atoms with Gasteiger partial charge in [0.25, 0.3) is 0 Å². The van der Waals surface area contributed by atoms with Crippen LogP contribution in [0.3, 0.4) is 0 Å². The second-order valence-corrected chi connectivity index (χ2v) is 6.03. The van der Waals surface area contributed by atoms with Gasteiger partial charge in [0.1, 0.15) is 0 Å². The van der Waals surface area contributed by atoms with E-state index < -0.39 is 29.0 Å². The highest BCUT2D eigenvalue weighted by Gasteiger charge is 2.37. The molecule has 3 nitrogen and oxygen atoms in total. The largest absolute Gasteiger partial charge is 0.416 e. The normalized spacial score (nSPS) is 13.0. The Balaban J connectivity index is 2.61. The molecule has 26 heavy (non-hydrogen) atoms. The summed E-state index contributed by atoms with van der Waals surface area (Å²) in [5.74, 6) is -0.337.